The maximum atomic E-state index is 13.3. The lowest BCUT2D eigenvalue weighted by Crippen LogP contribution is -2.18. The molecule has 0 atom stereocenters. The number of rotatable bonds is 5. The summed E-state index contributed by atoms with van der Waals surface area (Å²) in [6, 6.07) is 15.4. The van der Waals surface area contributed by atoms with Crippen LogP contribution in [0.1, 0.15) is 5.56 Å². The topological polar surface area (TPSA) is 102 Å². The van der Waals surface area contributed by atoms with Gasteiger partial charge in [0.15, 0.2) is 23.1 Å². The Kier molecular flexibility index (Phi) is 5.85. The predicted octanol–water partition coefficient (Wildman–Crippen LogP) is 5.56. The molecule has 1 aromatic heterocycles. The molecule has 0 fully saturated rings. The number of benzene rings is 3. The number of hydrogen-bond acceptors (Lipinski definition) is 7. The molecule has 0 unspecified atom stereocenters. The van der Waals surface area contributed by atoms with E-state index in [2.05, 4.69) is 20.0 Å². The molecular weight excluding hydrogens is 499 g/mol. The van der Waals surface area contributed by atoms with Crippen molar-refractivity contribution in [3.05, 3.63) is 70.2 Å². The summed E-state index contributed by atoms with van der Waals surface area (Å²) in [6.07, 6.45) is 0. The average Bonchev–Trinajstić information content (AvgIpc) is 2.78. The molecule has 0 radical (unpaired) electrons. The summed E-state index contributed by atoms with van der Waals surface area (Å²) < 4.78 is 40.4. The second-order valence-corrected chi connectivity index (χ2v) is 9.99. The lowest BCUT2D eigenvalue weighted by atomic mass is 10.2. The van der Waals surface area contributed by atoms with E-state index in [1.165, 1.54) is 12.1 Å². The number of ether oxygens (including phenoxy) is 2. The molecule has 0 saturated carbocycles. The normalized spacial score (nSPS) is 13.0. The second kappa shape index (κ2) is 8.83. The third-order valence-corrected chi connectivity index (χ3v) is 7.24. The molecule has 4 aromatic rings. The standard InChI is InChI=1S/C23H18Cl2N4O4S/c1-13-10-14(24)11-16(25)21(13)34(30,31)29-23-22(27-17-4-2-3-5-18(17)28-23)26-15-6-7-19-20(12-15)33-9-8-32-19/h2-7,10-12H,8-9H2,1H3,(H,26,27)(H,28,29). The van der Waals surface area contributed by atoms with E-state index in [0.29, 0.717) is 52.0 Å². The first-order valence-corrected chi connectivity index (χ1v) is 12.5. The van der Waals surface area contributed by atoms with Crippen molar-refractivity contribution in [3.8, 4) is 11.5 Å². The van der Waals surface area contributed by atoms with E-state index >= 15 is 0 Å². The maximum Gasteiger partial charge on any atom is 0.264 e. The van der Waals surface area contributed by atoms with E-state index in [1.807, 2.05) is 6.07 Å². The Morgan fingerprint density at radius 3 is 2.26 bits per heavy atom. The summed E-state index contributed by atoms with van der Waals surface area (Å²) in [4.78, 5) is 9.01. The van der Waals surface area contributed by atoms with Crippen molar-refractivity contribution in [3.63, 3.8) is 0 Å². The van der Waals surface area contributed by atoms with Crippen LogP contribution < -0.4 is 19.5 Å². The van der Waals surface area contributed by atoms with Crippen LogP contribution in [0, 0.1) is 6.92 Å². The smallest absolute Gasteiger partial charge is 0.264 e. The number of nitrogens with one attached hydrogen (secondary N) is 2. The Hall–Kier alpha value is -3.27. The highest BCUT2D eigenvalue weighted by atomic mass is 35.5. The molecule has 5 rings (SSSR count). The van der Waals surface area contributed by atoms with Gasteiger partial charge >= 0.3 is 0 Å². The molecule has 0 aliphatic carbocycles. The SMILES string of the molecule is Cc1cc(Cl)cc(Cl)c1S(=O)(=O)Nc1nc2ccccc2nc1Nc1ccc2c(c1)OCCO2. The molecule has 0 spiro atoms. The molecule has 34 heavy (non-hydrogen) atoms. The van der Waals surface area contributed by atoms with Gasteiger partial charge in [-0.15, -0.1) is 0 Å². The number of halogens is 2. The molecule has 0 bridgehead atoms. The zero-order valence-corrected chi connectivity index (χ0v) is 20.1. The molecule has 8 nitrogen and oxygen atoms in total. The van der Waals surface area contributed by atoms with Gasteiger partial charge in [-0.25, -0.2) is 18.4 Å². The Morgan fingerprint density at radius 1 is 0.882 bits per heavy atom. The molecule has 0 saturated heterocycles. The van der Waals surface area contributed by atoms with Crippen LogP contribution in [0.4, 0.5) is 17.3 Å². The molecule has 1 aliphatic heterocycles. The fourth-order valence-corrected chi connectivity index (χ4v) is 5.82. The number of fused-ring (bicyclic) bond motifs is 2. The minimum atomic E-state index is -4.12. The molecule has 2 N–H and O–H groups in total. The third-order valence-electron chi connectivity index (χ3n) is 5.07. The number of aromatic nitrogens is 2. The van der Waals surface area contributed by atoms with Gasteiger partial charge in [0.1, 0.15) is 18.1 Å². The van der Waals surface area contributed by atoms with Gasteiger partial charge in [0, 0.05) is 16.8 Å². The highest BCUT2D eigenvalue weighted by Crippen LogP contribution is 2.36. The van der Waals surface area contributed by atoms with Crippen LogP contribution >= 0.6 is 23.2 Å². The van der Waals surface area contributed by atoms with Crippen LogP contribution in [0.3, 0.4) is 0 Å². The number of anilines is 3. The van der Waals surface area contributed by atoms with Gasteiger partial charge in [-0.05, 0) is 48.9 Å². The van der Waals surface area contributed by atoms with Crippen molar-refractivity contribution in [1.29, 1.82) is 0 Å². The van der Waals surface area contributed by atoms with Crippen LogP contribution in [0.2, 0.25) is 10.0 Å². The number of aryl methyl sites for hydroxylation is 1. The Morgan fingerprint density at radius 2 is 1.56 bits per heavy atom. The van der Waals surface area contributed by atoms with Crippen LogP contribution in [0.25, 0.3) is 11.0 Å². The van der Waals surface area contributed by atoms with Gasteiger partial charge in [-0.3, -0.25) is 4.72 Å². The number of para-hydroxylation sites is 2. The second-order valence-electron chi connectivity index (χ2n) is 7.53. The van der Waals surface area contributed by atoms with Gasteiger partial charge < -0.3 is 14.8 Å². The number of sulfonamides is 1. The largest absolute Gasteiger partial charge is 0.486 e. The predicted molar refractivity (Wildman–Crippen MR) is 132 cm³/mol. The summed E-state index contributed by atoms with van der Waals surface area (Å²) in [5.41, 5.74) is 2.13. The third kappa shape index (κ3) is 4.42. The highest BCUT2D eigenvalue weighted by Gasteiger charge is 2.24. The lowest BCUT2D eigenvalue weighted by molar-refractivity contribution is 0.171. The van der Waals surface area contributed by atoms with Gasteiger partial charge in [-0.2, -0.15) is 0 Å². The van der Waals surface area contributed by atoms with Gasteiger partial charge in [0.2, 0.25) is 0 Å². The van der Waals surface area contributed by atoms with Crippen LogP contribution in [-0.2, 0) is 10.0 Å². The van der Waals surface area contributed by atoms with E-state index in [1.54, 1.807) is 43.3 Å². The highest BCUT2D eigenvalue weighted by molar-refractivity contribution is 7.93. The van der Waals surface area contributed by atoms with Crippen molar-refractivity contribution in [1.82, 2.24) is 9.97 Å². The first-order chi connectivity index (χ1) is 16.3. The van der Waals surface area contributed by atoms with Gasteiger partial charge in [0.25, 0.3) is 10.0 Å². The molecule has 11 heteroatoms. The summed E-state index contributed by atoms with van der Waals surface area (Å²) in [5.74, 6) is 1.44. The minimum Gasteiger partial charge on any atom is -0.486 e. The van der Waals surface area contributed by atoms with E-state index in [4.69, 9.17) is 32.7 Å². The van der Waals surface area contributed by atoms with E-state index in [9.17, 15) is 8.42 Å². The van der Waals surface area contributed by atoms with Gasteiger partial charge in [-0.1, -0.05) is 35.3 Å². The first kappa shape index (κ1) is 22.5. The quantitative estimate of drug-likeness (QED) is 0.357. The Labute approximate surface area is 205 Å². The van der Waals surface area contributed by atoms with Crippen LogP contribution in [0.5, 0.6) is 11.5 Å². The molecule has 3 aromatic carbocycles. The maximum absolute atomic E-state index is 13.3. The summed E-state index contributed by atoms with van der Waals surface area (Å²) in [6.45, 7) is 2.54. The fraction of sp³-hybridized carbons (Fsp3) is 0.130. The van der Waals surface area contributed by atoms with Crippen LogP contribution in [-0.4, -0.2) is 31.6 Å². The molecular formula is C23H18Cl2N4O4S. The minimum absolute atomic E-state index is 0.00703. The number of hydrogen-bond donors (Lipinski definition) is 2. The monoisotopic (exact) mass is 516 g/mol. The Bertz CT molecular complexity index is 1510. The summed E-state index contributed by atoms with van der Waals surface area (Å²) >= 11 is 12.2. The van der Waals surface area contributed by atoms with Crippen molar-refractivity contribution >= 4 is 61.6 Å². The summed E-state index contributed by atoms with van der Waals surface area (Å²) in [7, 11) is -4.12. The van der Waals surface area contributed by atoms with E-state index in [0.717, 1.165) is 0 Å². The van der Waals surface area contributed by atoms with Crippen molar-refractivity contribution in [2.45, 2.75) is 11.8 Å². The Balaban J connectivity index is 1.57. The number of nitrogens with zero attached hydrogens (tertiary/aromatic N) is 2. The first-order valence-electron chi connectivity index (χ1n) is 10.2. The van der Waals surface area contributed by atoms with Crippen LogP contribution in [0.15, 0.2) is 59.5 Å². The molecule has 2 heterocycles. The molecule has 1 aliphatic rings. The van der Waals surface area contributed by atoms with E-state index < -0.39 is 10.0 Å². The zero-order valence-electron chi connectivity index (χ0n) is 17.8. The van der Waals surface area contributed by atoms with Gasteiger partial charge in [0.05, 0.1) is 16.1 Å². The molecule has 0 amide bonds. The lowest BCUT2D eigenvalue weighted by Gasteiger charge is -2.20. The van der Waals surface area contributed by atoms with Crippen molar-refractivity contribution in [2.75, 3.05) is 23.3 Å². The van der Waals surface area contributed by atoms with E-state index in [-0.39, 0.29) is 21.6 Å². The average molecular weight is 517 g/mol. The van der Waals surface area contributed by atoms with Crippen molar-refractivity contribution < 1.29 is 17.9 Å². The molecule has 174 valence electrons. The zero-order chi connectivity index (χ0) is 23.9. The fourth-order valence-electron chi connectivity index (χ4n) is 3.62. The van der Waals surface area contributed by atoms with Crippen molar-refractivity contribution in [2.24, 2.45) is 0 Å². The summed E-state index contributed by atoms with van der Waals surface area (Å²) in [5, 5.41) is 3.48.